The first-order valence-corrected chi connectivity index (χ1v) is 11.4. The summed E-state index contributed by atoms with van der Waals surface area (Å²) in [7, 11) is 0. The predicted molar refractivity (Wildman–Crippen MR) is 138 cm³/mol. The summed E-state index contributed by atoms with van der Waals surface area (Å²) in [6.07, 6.45) is 0.885. The first kappa shape index (κ1) is 18.3. The van der Waals surface area contributed by atoms with Gasteiger partial charge in [-0.15, -0.1) is 0 Å². The lowest BCUT2D eigenvalue weighted by Crippen LogP contribution is -2.33. The van der Waals surface area contributed by atoms with Crippen LogP contribution in [0.4, 0.5) is 22.7 Å². The number of anilines is 4. The van der Waals surface area contributed by atoms with Crippen molar-refractivity contribution in [3.63, 3.8) is 0 Å². The molecule has 0 spiro atoms. The number of hydrogen-bond acceptors (Lipinski definition) is 2. The van der Waals surface area contributed by atoms with E-state index in [0.29, 0.717) is 0 Å². The van der Waals surface area contributed by atoms with Gasteiger partial charge in [-0.05, 0) is 52.7 Å². The molecule has 2 aliphatic rings. The van der Waals surface area contributed by atoms with E-state index in [9.17, 15) is 0 Å². The van der Waals surface area contributed by atoms with Crippen LogP contribution in [-0.2, 0) is 6.42 Å². The Morgan fingerprint density at radius 3 is 1.76 bits per heavy atom. The van der Waals surface area contributed by atoms with Gasteiger partial charge in [-0.3, -0.25) is 0 Å². The van der Waals surface area contributed by atoms with E-state index in [4.69, 9.17) is 0 Å². The van der Waals surface area contributed by atoms with E-state index >= 15 is 0 Å². The molecule has 2 heteroatoms. The van der Waals surface area contributed by atoms with Crippen molar-refractivity contribution in [2.45, 2.75) is 6.42 Å². The van der Waals surface area contributed by atoms with Crippen molar-refractivity contribution < 1.29 is 0 Å². The van der Waals surface area contributed by atoms with Crippen LogP contribution >= 0.6 is 0 Å². The highest BCUT2D eigenvalue weighted by molar-refractivity contribution is 6.09. The number of fused-ring (bicyclic) bond motifs is 2. The molecule has 0 saturated heterocycles. The number of rotatable bonds is 2. The maximum absolute atomic E-state index is 2.46. The fourth-order valence-electron chi connectivity index (χ4n) is 5.44. The van der Waals surface area contributed by atoms with Crippen molar-refractivity contribution in [2.75, 3.05) is 9.80 Å². The van der Waals surface area contributed by atoms with Gasteiger partial charge in [0.2, 0.25) is 0 Å². The van der Waals surface area contributed by atoms with Crippen LogP contribution in [0.2, 0.25) is 0 Å². The summed E-state index contributed by atoms with van der Waals surface area (Å²) < 4.78 is 0. The summed E-state index contributed by atoms with van der Waals surface area (Å²) >= 11 is 0. The van der Waals surface area contributed by atoms with Gasteiger partial charge in [-0.25, -0.2) is 0 Å². The standard InChI is InChI=1S/C31H22N2/c1-3-14-24(15-4-1)32-27-19-7-8-20-28(27)33(25-16-5-2-6-17-25)31-26-18-10-12-22-11-9-13-23(30(22)26)21-29(31)32/h1-20H,21H2. The van der Waals surface area contributed by atoms with Crippen LogP contribution in [0.3, 0.4) is 0 Å². The number of hydrogen-bond donors (Lipinski definition) is 0. The molecule has 1 aliphatic carbocycles. The molecule has 0 unspecified atom stereocenters. The zero-order valence-electron chi connectivity index (χ0n) is 18.1. The third-order valence-electron chi connectivity index (χ3n) is 6.76. The van der Waals surface area contributed by atoms with Gasteiger partial charge in [0.1, 0.15) is 0 Å². The van der Waals surface area contributed by atoms with Crippen molar-refractivity contribution in [3.8, 4) is 0 Å². The van der Waals surface area contributed by atoms with Crippen LogP contribution in [0.25, 0.3) is 16.5 Å². The molecule has 0 saturated carbocycles. The monoisotopic (exact) mass is 422 g/mol. The van der Waals surface area contributed by atoms with E-state index in [1.165, 1.54) is 56.0 Å². The van der Waals surface area contributed by atoms with E-state index in [1.807, 2.05) is 0 Å². The molecule has 0 aromatic heterocycles. The summed E-state index contributed by atoms with van der Waals surface area (Å²) in [5, 5.41) is 2.67. The molecule has 0 N–H and O–H groups in total. The van der Waals surface area contributed by atoms with Crippen molar-refractivity contribution in [2.24, 2.45) is 0 Å². The fraction of sp³-hybridized carbons (Fsp3) is 0.0323. The molecular formula is C31H22N2. The molecule has 156 valence electrons. The predicted octanol–water partition coefficient (Wildman–Crippen LogP) is 8.05. The lowest BCUT2D eigenvalue weighted by molar-refractivity contribution is 1.00. The molecule has 0 atom stereocenters. The molecule has 0 fully saturated rings. The van der Waals surface area contributed by atoms with Crippen LogP contribution in [0.1, 0.15) is 11.1 Å². The zero-order chi connectivity index (χ0) is 21.8. The molecule has 0 bridgehead atoms. The van der Waals surface area contributed by atoms with Gasteiger partial charge >= 0.3 is 0 Å². The lowest BCUT2D eigenvalue weighted by atomic mass is 9.86. The second-order valence-electron chi connectivity index (χ2n) is 8.62. The molecule has 5 aromatic carbocycles. The second kappa shape index (κ2) is 7.11. The SMILES string of the molecule is c1ccc(N2C3=C(c4cccc5cccc(c45)C3)N(c3ccccc3)c3ccccc32)cc1. The highest BCUT2D eigenvalue weighted by atomic mass is 15.3. The van der Waals surface area contributed by atoms with Gasteiger partial charge in [-0.2, -0.15) is 0 Å². The van der Waals surface area contributed by atoms with Gasteiger partial charge < -0.3 is 9.80 Å². The summed E-state index contributed by atoms with van der Waals surface area (Å²) in [5.41, 5.74) is 10.0. The van der Waals surface area contributed by atoms with E-state index < -0.39 is 0 Å². The fourth-order valence-corrected chi connectivity index (χ4v) is 5.44. The average Bonchev–Trinajstić information content (AvgIpc) is 2.89. The Morgan fingerprint density at radius 2 is 1.06 bits per heavy atom. The van der Waals surface area contributed by atoms with Crippen LogP contribution < -0.4 is 9.80 Å². The molecule has 0 radical (unpaired) electrons. The molecule has 5 aromatic rings. The summed E-state index contributed by atoms with van der Waals surface area (Å²) in [4.78, 5) is 4.91. The van der Waals surface area contributed by atoms with Gasteiger partial charge in [0.05, 0.1) is 22.8 Å². The topological polar surface area (TPSA) is 6.48 Å². The molecular weight excluding hydrogens is 400 g/mol. The first-order valence-electron chi connectivity index (χ1n) is 11.4. The maximum atomic E-state index is 2.46. The maximum Gasteiger partial charge on any atom is 0.0743 e. The number of para-hydroxylation sites is 4. The Kier molecular flexibility index (Phi) is 3.94. The third-order valence-corrected chi connectivity index (χ3v) is 6.76. The Hall–Kier alpha value is -4.30. The second-order valence-corrected chi connectivity index (χ2v) is 8.62. The van der Waals surface area contributed by atoms with Crippen molar-refractivity contribution in [3.05, 3.63) is 138 Å². The number of allylic oxidation sites excluding steroid dienone is 1. The lowest BCUT2D eigenvalue weighted by Gasteiger charge is -2.44. The van der Waals surface area contributed by atoms with E-state index in [1.54, 1.807) is 0 Å². The quantitative estimate of drug-likeness (QED) is 0.284. The normalized spacial score (nSPS) is 14.3. The zero-order valence-corrected chi connectivity index (χ0v) is 18.1. The third kappa shape index (κ3) is 2.68. The van der Waals surface area contributed by atoms with Crippen molar-refractivity contribution in [1.82, 2.24) is 0 Å². The smallest absolute Gasteiger partial charge is 0.0743 e. The Bertz CT molecular complexity index is 1530. The summed E-state index contributed by atoms with van der Waals surface area (Å²) in [6, 6.07) is 43.7. The summed E-state index contributed by atoms with van der Waals surface area (Å²) in [5.74, 6) is 0. The number of benzene rings is 5. The minimum Gasteiger partial charge on any atom is -0.310 e. The van der Waals surface area contributed by atoms with Gasteiger partial charge in [-0.1, -0.05) is 84.9 Å². The Balaban J connectivity index is 1.61. The molecule has 33 heavy (non-hydrogen) atoms. The molecule has 1 heterocycles. The van der Waals surface area contributed by atoms with Crippen molar-refractivity contribution >= 4 is 39.2 Å². The summed E-state index contributed by atoms with van der Waals surface area (Å²) in [6.45, 7) is 0. The first-order chi connectivity index (χ1) is 16.4. The highest BCUT2D eigenvalue weighted by Gasteiger charge is 2.36. The van der Waals surface area contributed by atoms with E-state index in [-0.39, 0.29) is 0 Å². The van der Waals surface area contributed by atoms with Gasteiger partial charge in [0.25, 0.3) is 0 Å². The van der Waals surface area contributed by atoms with Crippen LogP contribution in [0.5, 0.6) is 0 Å². The van der Waals surface area contributed by atoms with Crippen LogP contribution in [-0.4, -0.2) is 0 Å². The average molecular weight is 423 g/mol. The van der Waals surface area contributed by atoms with Gasteiger partial charge in [0.15, 0.2) is 0 Å². The Morgan fingerprint density at radius 1 is 0.485 bits per heavy atom. The van der Waals surface area contributed by atoms with Crippen LogP contribution in [0, 0.1) is 0 Å². The largest absolute Gasteiger partial charge is 0.310 e. The highest BCUT2D eigenvalue weighted by Crippen LogP contribution is 2.53. The minimum absolute atomic E-state index is 0.885. The molecule has 1 aliphatic heterocycles. The van der Waals surface area contributed by atoms with Crippen LogP contribution in [0.15, 0.2) is 127 Å². The molecule has 7 rings (SSSR count). The molecule has 2 nitrogen and oxygen atoms in total. The molecule has 0 amide bonds. The van der Waals surface area contributed by atoms with E-state index in [0.717, 1.165) is 6.42 Å². The Labute approximate surface area is 193 Å². The minimum atomic E-state index is 0.885. The van der Waals surface area contributed by atoms with E-state index in [2.05, 4.69) is 131 Å². The van der Waals surface area contributed by atoms with Gasteiger partial charge in [0, 0.05) is 23.4 Å². The number of nitrogens with zero attached hydrogens (tertiary/aromatic N) is 2. The van der Waals surface area contributed by atoms with Crippen molar-refractivity contribution in [1.29, 1.82) is 0 Å².